The van der Waals surface area contributed by atoms with Gasteiger partial charge < -0.3 is 24.0 Å². The number of carbonyl (C=O) groups is 2. The SMILES string of the molecule is COc1cccc(N2CCN(C(=O)C3CC(=O)N(c4cccc(-c5noc(C)n5)c4)C3)CC2)c1. The Hall–Kier alpha value is -3.88. The maximum atomic E-state index is 13.2. The number of rotatable bonds is 5. The van der Waals surface area contributed by atoms with Gasteiger partial charge in [-0.1, -0.05) is 23.4 Å². The summed E-state index contributed by atoms with van der Waals surface area (Å²) in [4.78, 5) is 36.1. The van der Waals surface area contributed by atoms with Crippen molar-refractivity contribution in [3.05, 3.63) is 54.4 Å². The minimum atomic E-state index is -0.341. The molecular formula is C25H27N5O4. The topological polar surface area (TPSA) is 92.0 Å². The van der Waals surface area contributed by atoms with Crippen LogP contribution in [0.1, 0.15) is 12.3 Å². The second-order valence-corrected chi connectivity index (χ2v) is 8.61. The smallest absolute Gasteiger partial charge is 0.228 e. The predicted octanol–water partition coefficient (Wildman–Crippen LogP) is 2.76. The molecule has 0 spiro atoms. The minimum Gasteiger partial charge on any atom is -0.497 e. The van der Waals surface area contributed by atoms with E-state index in [4.69, 9.17) is 9.26 Å². The number of aryl methyl sites for hydroxylation is 1. The average molecular weight is 462 g/mol. The normalized spacial score (nSPS) is 18.5. The van der Waals surface area contributed by atoms with Crippen molar-refractivity contribution in [1.82, 2.24) is 15.0 Å². The first kappa shape index (κ1) is 21.9. The second-order valence-electron chi connectivity index (χ2n) is 8.61. The lowest BCUT2D eigenvalue weighted by Gasteiger charge is -2.37. The molecule has 2 aromatic carbocycles. The molecule has 5 rings (SSSR count). The molecule has 0 saturated carbocycles. The third kappa shape index (κ3) is 4.33. The van der Waals surface area contributed by atoms with Crippen molar-refractivity contribution in [3.63, 3.8) is 0 Å². The van der Waals surface area contributed by atoms with Crippen molar-refractivity contribution in [3.8, 4) is 17.1 Å². The van der Waals surface area contributed by atoms with Crippen molar-refractivity contribution in [2.75, 3.05) is 49.6 Å². The molecule has 0 aliphatic carbocycles. The van der Waals surface area contributed by atoms with Crippen LogP contribution < -0.4 is 14.5 Å². The molecule has 2 saturated heterocycles. The number of piperazine rings is 1. The molecule has 1 unspecified atom stereocenters. The van der Waals surface area contributed by atoms with Crippen molar-refractivity contribution < 1.29 is 18.8 Å². The number of hydrogen-bond donors (Lipinski definition) is 0. The number of anilines is 2. The van der Waals surface area contributed by atoms with E-state index in [1.807, 2.05) is 47.4 Å². The van der Waals surface area contributed by atoms with Gasteiger partial charge in [-0.3, -0.25) is 9.59 Å². The molecule has 1 aromatic heterocycles. The summed E-state index contributed by atoms with van der Waals surface area (Å²) < 4.78 is 10.4. The van der Waals surface area contributed by atoms with Crippen molar-refractivity contribution >= 4 is 23.2 Å². The summed E-state index contributed by atoms with van der Waals surface area (Å²) in [5.41, 5.74) is 2.60. The highest BCUT2D eigenvalue weighted by molar-refractivity contribution is 6.00. The molecule has 9 heteroatoms. The van der Waals surface area contributed by atoms with Crippen LogP contribution in [0.5, 0.6) is 5.75 Å². The van der Waals surface area contributed by atoms with Gasteiger partial charge in [0.2, 0.25) is 23.5 Å². The lowest BCUT2D eigenvalue weighted by molar-refractivity contribution is -0.136. The summed E-state index contributed by atoms with van der Waals surface area (Å²) in [5, 5.41) is 3.95. The maximum Gasteiger partial charge on any atom is 0.228 e. The van der Waals surface area contributed by atoms with E-state index in [2.05, 4.69) is 21.1 Å². The third-order valence-corrected chi connectivity index (χ3v) is 6.43. The molecule has 2 aliphatic rings. The fraction of sp³-hybridized carbons (Fsp3) is 0.360. The van der Waals surface area contributed by atoms with Crippen molar-refractivity contribution in [2.45, 2.75) is 13.3 Å². The Balaban J connectivity index is 1.22. The number of hydrogen-bond acceptors (Lipinski definition) is 7. The fourth-order valence-corrected chi connectivity index (χ4v) is 4.60. The number of aromatic nitrogens is 2. The Bertz CT molecular complexity index is 1200. The van der Waals surface area contributed by atoms with Gasteiger partial charge in [0, 0.05) is 69.1 Å². The highest BCUT2D eigenvalue weighted by atomic mass is 16.5. The molecule has 176 valence electrons. The highest BCUT2D eigenvalue weighted by Gasteiger charge is 2.38. The van der Waals surface area contributed by atoms with Gasteiger partial charge in [0.25, 0.3) is 0 Å². The van der Waals surface area contributed by atoms with E-state index in [1.54, 1.807) is 18.9 Å². The molecule has 0 N–H and O–H groups in total. The van der Waals surface area contributed by atoms with Crippen LogP contribution in [0.3, 0.4) is 0 Å². The number of amides is 2. The van der Waals surface area contributed by atoms with E-state index >= 15 is 0 Å². The first-order valence-corrected chi connectivity index (χ1v) is 11.4. The van der Waals surface area contributed by atoms with Gasteiger partial charge in [-0.2, -0.15) is 4.98 Å². The molecule has 2 aliphatic heterocycles. The molecule has 3 aromatic rings. The van der Waals surface area contributed by atoms with Gasteiger partial charge in [-0.15, -0.1) is 0 Å². The van der Waals surface area contributed by atoms with Gasteiger partial charge in [0.15, 0.2) is 0 Å². The quantitative estimate of drug-likeness (QED) is 0.577. The van der Waals surface area contributed by atoms with Crippen LogP contribution >= 0.6 is 0 Å². The number of nitrogens with zero attached hydrogens (tertiary/aromatic N) is 5. The molecule has 1 atom stereocenters. The third-order valence-electron chi connectivity index (χ3n) is 6.43. The van der Waals surface area contributed by atoms with Crippen LogP contribution in [0, 0.1) is 12.8 Å². The summed E-state index contributed by atoms with van der Waals surface area (Å²) in [5.74, 6) is 1.44. The molecule has 9 nitrogen and oxygen atoms in total. The summed E-state index contributed by atoms with van der Waals surface area (Å²) in [7, 11) is 1.66. The number of carbonyl (C=O) groups excluding carboxylic acids is 2. The van der Waals surface area contributed by atoms with Crippen LogP contribution in [-0.4, -0.2) is 66.7 Å². The lowest BCUT2D eigenvalue weighted by atomic mass is 10.1. The summed E-state index contributed by atoms with van der Waals surface area (Å²) in [6.45, 7) is 4.87. The van der Waals surface area contributed by atoms with Gasteiger partial charge in [0.05, 0.1) is 13.0 Å². The highest BCUT2D eigenvalue weighted by Crippen LogP contribution is 2.30. The van der Waals surface area contributed by atoms with Crippen LogP contribution in [-0.2, 0) is 9.59 Å². The van der Waals surface area contributed by atoms with E-state index in [1.165, 1.54) is 0 Å². The Morgan fingerprint density at radius 2 is 1.82 bits per heavy atom. The second kappa shape index (κ2) is 9.17. The van der Waals surface area contributed by atoms with Crippen LogP contribution in [0.2, 0.25) is 0 Å². The van der Waals surface area contributed by atoms with Crippen LogP contribution in [0.4, 0.5) is 11.4 Å². The minimum absolute atomic E-state index is 0.0465. The van der Waals surface area contributed by atoms with E-state index < -0.39 is 0 Å². The molecule has 2 fully saturated rings. The Morgan fingerprint density at radius 1 is 1.06 bits per heavy atom. The molecule has 34 heavy (non-hydrogen) atoms. The fourth-order valence-electron chi connectivity index (χ4n) is 4.60. The summed E-state index contributed by atoms with van der Waals surface area (Å²) in [6.07, 6.45) is 0.223. The zero-order valence-corrected chi connectivity index (χ0v) is 19.3. The zero-order chi connectivity index (χ0) is 23.7. The van der Waals surface area contributed by atoms with E-state index in [-0.39, 0.29) is 24.2 Å². The zero-order valence-electron chi connectivity index (χ0n) is 19.3. The number of benzene rings is 2. The molecule has 3 heterocycles. The van der Waals surface area contributed by atoms with E-state index in [0.717, 1.165) is 35.8 Å². The molecule has 2 amide bonds. The lowest BCUT2D eigenvalue weighted by Crippen LogP contribution is -2.50. The Labute approximate surface area is 197 Å². The van der Waals surface area contributed by atoms with E-state index in [9.17, 15) is 9.59 Å². The van der Waals surface area contributed by atoms with Crippen molar-refractivity contribution in [2.24, 2.45) is 5.92 Å². The maximum absolute atomic E-state index is 13.2. The van der Waals surface area contributed by atoms with Crippen molar-refractivity contribution in [1.29, 1.82) is 0 Å². The van der Waals surface area contributed by atoms with Gasteiger partial charge >= 0.3 is 0 Å². The van der Waals surface area contributed by atoms with Crippen LogP contribution in [0.25, 0.3) is 11.4 Å². The average Bonchev–Trinajstić information content (AvgIpc) is 3.49. The predicted molar refractivity (Wildman–Crippen MR) is 127 cm³/mol. The molecule has 0 radical (unpaired) electrons. The van der Waals surface area contributed by atoms with Crippen LogP contribution in [0.15, 0.2) is 53.1 Å². The summed E-state index contributed by atoms with van der Waals surface area (Å²) in [6, 6.07) is 15.4. The molecule has 0 bridgehead atoms. The first-order chi connectivity index (χ1) is 16.5. The standard InChI is InChI=1S/C25H27N5O4/c1-17-26-24(27-34-17)18-5-3-7-21(13-18)30-16-19(14-23(30)31)25(32)29-11-9-28(10-12-29)20-6-4-8-22(15-20)33-2/h3-8,13,15,19H,9-12,14,16H2,1-2H3. The number of methoxy groups -OCH3 is 1. The number of ether oxygens (including phenoxy) is 1. The Morgan fingerprint density at radius 3 is 2.56 bits per heavy atom. The monoisotopic (exact) mass is 461 g/mol. The van der Waals surface area contributed by atoms with Gasteiger partial charge in [-0.25, -0.2) is 0 Å². The Kier molecular flexibility index (Phi) is 5.91. The first-order valence-electron chi connectivity index (χ1n) is 11.4. The van der Waals surface area contributed by atoms with E-state index in [0.29, 0.717) is 31.3 Å². The summed E-state index contributed by atoms with van der Waals surface area (Å²) >= 11 is 0. The van der Waals surface area contributed by atoms with Gasteiger partial charge in [-0.05, 0) is 24.3 Å². The molecular weight excluding hydrogens is 434 g/mol. The largest absolute Gasteiger partial charge is 0.497 e. The van der Waals surface area contributed by atoms with Gasteiger partial charge in [0.1, 0.15) is 5.75 Å².